The van der Waals surface area contributed by atoms with Crippen LogP contribution < -0.4 is 5.32 Å². The van der Waals surface area contributed by atoms with Crippen LogP contribution in [-0.4, -0.2) is 30.7 Å². The number of nitrogens with zero attached hydrogens (tertiary/aromatic N) is 3. The largest absolute Gasteiger partial charge is 0.378 e. The van der Waals surface area contributed by atoms with Crippen molar-refractivity contribution >= 4 is 17.3 Å². The lowest BCUT2D eigenvalue weighted by molar-refractivity contribution is 0.304. The zero-order chi connectivity index (χ0) is 18.1. The van der Waals surface area contributed by atoms with Gasteiger partial charge < -0.3 is 5.32 Å². The highest BCUT2D eigenvalue weighted by molar-refractivity contribution is 6.30. The Hall–Kier alpha value is -1.55. The van der Waals surface area contributed by atoms with Crippen molar-refractivity contribution in [3.8, 4) is 0 Å². The third-order valence-corrected chi connectivity index (χ3v) is 4.50. The molecule has 2 atom stereocenters. The van der Waals surface area contributed by atoms with Crippen LogP contribution in [0.25, 0.3) is 0 Å². The number of halogens is 1. The number of nitrogens with one attached hydrogen (secondary N) is 1. The van der Waals surface area contributed by atoms with E-state index in [9.17, 15) is 0 Å². The summed E-state index contributed by atoms with van der Waals surface area (Å²) < 4.78 is 0. The van der Waals surface area contributed by atoms with Crippen molar-refractivity contribution in [2.75, 3.05) is 18.9 Å². The Labute approximate surface area is 152 Å². The summed E-state index contributed by atoms with van der Waals surface area (Å²) in [6, 6.07) is 8.31. The molecule has 1 aromatic rings. The molecule has 1 aromatic carbocycles. The van der Waals surface area contributed by atoms with E-state index in [-0.39, 0.29) is 12.1 Å². The number of hydrogen-bond acceptors (Lipinski definition) is 3. The molecule has 5 heteroatoms. The van der Waals surface area contributed by atoms with E-state index in [0.29, 0.717) is 5.92 Å². The van der Waals surface area contributed by atoms with Gasteiger partial charge in [-0.15, -0.1) is 0 Å². The molecule has 0 bridgehead atoms. The van der Waals surface area contributed by atoms with Gasteiger partial charge in [-0.1, -0.05) is 48.4 Å². The zero-order valence-corrected chi connectivity index (χ0v) is 16.5. The second-order valence-electron chi connectivity index (χ2n) is 6.60. The van der Waals surface area contributed by atoms with Crippen molar-refractivity contribution in [1.82, 2.24) is 5.01 Å². The molecule has 0 amide bonds. The molecule has 1 N–H and O–H groups in total. The number of rotatable bonds is 9. The highest BCUT2D eigenvalue weighted by Crippen LogP contribution is 2.19. The Morgan fingerprint density at radius 2 is 2.04 bits per heavy atom. The van der Waals surface area contributed by atoms with Crippen molar-refractivity contribution in [3.63, 3.8) is 0 Å². The van der Waals surface area contributed by atoms with Gasteiger partial charge in [0.15, 0.2) is 0 Å². The first kappa shape index (κ1) is 20.5. The quantitative estimate of drug-likeness (QED) is 0.346. The van der Waals surface area contributed by atoms with Gasteiger partial charge in [-0.3, -0.25) is 5.01 Å². The molecule has 0 aromatic heterocycles. The lowest BCUT2D eigenvalue weighted by atomic mass is 10.0. The molecule has 0 radical (unpaired) electrons. The molecule has 0 saturated heterocycles. The third kappa shape index (κ3) is 7.35. The first-order valence-corrected chi connectivity index (χ1v) is 8.98. The van der Waals surface area contributed by atoms with Gasteiger partial charge in [0, 0.05) is 30.3 Å². The lowest BCUT2D eigenvalue weighted by Crippen LogP contribution is -2.26. The minimum Gasteiger partial charge on any atom is -0.378 e. The van der Waals surface area contributed by atoms with Crippen molar-refractivity contribution < 1.29 is 0 Å². The van der Waals surface area contributed by atoms with Crippen molar-refractivity contribution in [2.24, 2.45) is 16.3 Å². The summed E-state index contributed by atoms with van der Waals surface area (Å²) in [5.74, 6) is 0.504. The van der Waals surface area contributed by atoms with E-state index < -0.39 is 0 Å². The molecule has 1 unspecified atom stereocenters. The van der Waals surface area contributed by atoms with Crippen LogP contribution in [-0.2, 0) is 0 Å². The standard InChI is InChI=1S/C19H31ClN4/c1-7-15(4)19(21-18-10-8-9-17(20)13-18)11-12-24(6)23-22-16(5)14(2)3/h7-10,13-14,16,19,21H,11-12H2,1-6H3/b15-7+,23-22?/t16-,19?/m0/s1. The van der Waals surface area contributed by atoms with E-state index in [1.807, 2.05) is 36.3 Å². The fraction of sp³-hybridized carbons (Fsp3) is 0.579. The molecule has 0 heterocycles. The third-order valence-electron chi connectivity index (χ3n) is 4.26. The highest BCUT2D eigenvalue weighted by atomic mass is 35.5. The van der Waals surface area contributed by atoms with E-state index >= 15 is 0 Å². The summed E-state index contributed by atoms with van der Waals surface area (Å²) in [6.45, 7) is 11.4. The molecule has 0 aliphatic carbocycles. The molecule has 24 heavy (non-hydrogen) atoms. The predicted octanol–water partition coefficient (Wildman–Crippen LogP) is 5.82. The van der Waals surface area contributed by atoms with Crippen molar-refractivity contribution in [2.45, 2.75) is 53.1 Å². The molecule has 0 spiro atoms. The first-order chi connectivity index (χ1) is 11.3. The van der Waals surface area contributed by atoms with Gasteiger partial charge in [0.2, 0.25) is 0 Å². The summed E-state index contributed by atoms with van der Waals surface area (Å²) in [6.07, 6.45) is 3.08. The molecule has 0 aliphatic heterocycles. The zero-order valence-electron chi connectivity index (χ0n) is 15.8. The molecular weight excluding hydrogens is 320 g/mol. The van der Waals surface area contributed by atoms with Crippen molar-refractivity contribution in [1.29, 1.82) is 0 Å². The van der Waals surface area contributed by atoms with E-state index in [4.69, 9.17) is 11.6 Å². The molecule has 0 aliphatic rings. The summed E-state index contributed by atoms with van der Waals surface area (Å²) in [7, 11) is 1.97. The van der Waals surface area contributed by atoms with Gasteiger partial charge in [-0.25, -0.2) is 0 Å². The molecule has 0 saturated carbocycles. The summed E-state index contributed by atoms with van der Waals surface area (Å²) >= 11 is 6.08. The number of anilines is 1. The summed E-state index contributed by atoms with van der Waals surface area (Å²) in [5, 5.41) is 14.9. The summed E-state index contributed by atoms with van der Waals surface area (Å²) in [5.41, 5.74) is 2.34. The van der Waals surface area contributed by atoms with Gasteiger partial charge in [0.05, 0.1) is 6.04 Å². The second-order valence-corrected chi connectivity index (χ2v) is 7.04. The Morgan fingerprint density at radius 1 is 1.33 bits per heavy atom. The predicted molar refractivity (Wildman–Crippen MR) is 105 cm³/mol. The maximum absolute atomic E-state index is 6.08. The normalized spacial score (nSPS) is 14.9. The minimum atomic E-state index is 0.241. The van der Waals surface area contributed by atoms with Crippen LogP contribution in [0.1, 0.15) is 41.0 Å². The lowest BCUT2D eigenvalue weighted by Gasteiger charge is -2.23. The fourth-order valence-electron chi connectivity index (χ4n) is 2.06. The van der Waals surface area contributed by atoms with E-state index in [1.165, 1.54) is 5.57 Å². The van der Waals surface area contributed by atoms with Crippen LogP contribution >= 0.6 is 11.6 Å². The first-order valence-electron chi connectivity index (χ1n) is 8.60. The fourth-order valence-corrected chi connectivity index (χ4v) is 2.25. The monoisotopic (exact) mass is 350 g/mol. The smallest absolute Gasteiger partial charge is 0.0724 e. The van der Waals surface area contributed by atoms with Gasteiger partial charge >= 0.3 is 0 Å². The molecular formula is C19H31ClN4. The van der Waals surface area contributed by atoms with Crippen LogP contribution in [0.5, 0.6) is 0 Å². The van der Waals surface area contributed by atoms with Crippen LogP contribution in [0.4, 0.5) is 5.69 Å². The van der Waals surface area contributed by atoms with Crippen LogP contribution in [0.15, 0.2) is 46.3 Å². The Bertz CT molecular complexity index is 554. The molecule has 0 fully saturated rings. The maximum Gasteiger partial charge on any atom is 0.0724 e. The number of hydrogen-bond donors (Lipinski definition) is 1. The van der Waals surface area contributed by atoms with Crippen LogP contribution in [0, 0.1) is 5.92 Å². The van der Waals surface area contributed by atoms with Gasteiger partial charge in [0.1, 0.15) is 0 Å². The van der Waals surface area contributed by atoms with Gasteiger partial charge in [0.25, 0.3) is 0 Å². The number of allylic oxidation sites excluding steroid dienone is 1. The molecule has 134 valence electrons. The van der Waals surface area contributed by atoms with Gasteiger partial charge in [-0.2, -0.15) is 5.11 Å². The van der Waals surface area contributed by atoms with Crippen molar-refractivity contribution in [3.05, 3.63) is 40.9 Å². The number of benzene rings is 1. The Morgan fingerprint density at radius 3 is 2.62 bits per heavy atom. The average Bonchev–Trinajstić information content (AvgIpc) is 2.55. The Kier molecular flexibility index (Phi) is 8.83. The van der Waals surface area contributed by atoms with Crippen LogP contribution in [0.3, 0.4) is 0 Å². The highest BCUT2D eigenvalue weighted by Gasteiger charge is 2.12. The van der Waals surface area contributed by atoms with E-state index in [1.54, 1.807) is 0 Å². The van der Waals surface area contributed by atoms with E-state index in [2.05, 4.69) is 56.3 Å². The Balaban J connectivity index is 2.64. The topological polar surface area (TPSA) is 40.0 Å². The van der Waals surface area contributed by atoms with Gasteiger partial charge in [-0.05, 0) is 51.3 Å². The second kappa shape index (κ2) is 10.3. The molecule has 4 nitrogen and oxygen atoms in total. The average molecular weight is 351 g/mol. The minimum absolute atomic E-state index is 0.241. The van der Waals surface area contributed by atoms with Crippen LogP contribution in [0.2, 0.25) is 5.02 Å². The van der Waals surface area contributed by atoms with E-state index in [0.717, 1.165) is 23.7 Å². The maximum atomic E-state index is 6.08. The molecule has 1 rings (SSSR count). The SMILES string of the molecule is C/C=C(\C)C(CCN(C)N=N[C@@H](C)C(C)C)Nc1cccc(Cl)c1. The summed E-state index contributed by atoms with van der Waals surface area (Å²) in [4.78, 5) is 0.